The van der Waals surface area contributed by atoms with Crippen molar-refractivity contribution in [1.82, 2.24) is 24.6 Å². The number of aryl methyl sites for hydroxylation is 1. The van der Waals surface area contributed by atoms with E-state index in [2.05, 4.69) is 15.1 Å². The molecule has 0 fully saturated rings. The van der Waals surface area contributed by atoms with Gasteiger partial charge in [0.25, 0.3) is 5.91 Å². The number of fused-ring (bicyclic) bond motifs is 2. The van der Waals surface area contributed by atoms with Crippen LogP contribution in [-0.4, -0.2) is 37.6 Å². The number of amides is 1. The summed E-state index contributed by atoms with van der Waals surface area (Å²) in [4.78, 5) is 24.2. The van der Waals surface area contributed by atoms with Gasteiger partial charge in [0, 0.05) is 17.5 Å². The summed E-state index contributed by atoms with van der Waals surface area (Å²) in [7, 11) is 1.79. The third kappa shape index (κ3) is 3.26. The predicted molar refractivity (Wildman–Crippen MR) is 121 cm³/mol. The van der Waals surface area contributed by atoms with E-state index in [-0.39, 0.29) is 5.91 Å². The zero-order valence-corrected chi connectivity index (χ0v) is 18.0. The van der Waals surface area contributed by atoms with Gasteiger partial charge in [-0.1, -0.05) is 29.8 Å². The summed E-state index contributed by atoms with van der Waals surface area (Å²) in [5, 5.41) is 6.25. The number of rotatable bonds is 4. The van der Waals surface area contributed by atoms with Gasteiger partial charge in [-0.15, -0.1) is 11.3 Å². The molecule has 0 aliphatic rings. The minimum atomic E-state index is -0.0475. The van der Waals surface area contributed by atoms with Gasteiger partial charge in [-0.25, -0.2) is 9.67 Å². The minimum Gasteiger partial charge on any atom is -0.340 e. The molecule has 1 N–H and O–H groups in total. The molecule has 0 unspecified atom stereocenters. The molecular weight excluding hydrogens is 418 g/mol. The molecule has 0 bridgehead atoms. The van der Waals surface area contributed by atoms with Gasteiger partial charge in [-0.2, -0.15) is 5.10 Å². The monoisotopic (exact) mass is 435 g/mol. The van der Waals surface area contributed by atoms with Crippen LogP contribution in [0.1, 0.15) is 21.2 Å². The fraction of sp³-hybridized carbons (Fsp3) is 0.136. The van der Waals surface area contributed by atoms with Crippen molar-refractivity contribution in [3.63, 3.8) is 0 Å². The van der Waals surface area contributed by atoms with E-state index in [0.29, 0.717) is 16.4 Å². The summed E-state index contributed by atoms with van der Waals surface area (Å²) in [6, 6.07) is 17.3. The second kappa shape index (κ2) is 7.27. The highest BCUT2D eigenvalue weighted by Gasteiger charge is 2.20. The lowest BCUT2D eigenvalue weighted by molar-refractivity contribution is 0.0787. The lowest BCUT2D eigenvalue weighted by Gasteiger charge is -2.14. The minimum absolute atomic E-state index is 0.0475. The molecule has 0 aliphatic heterocycles. The smallest absolute Gasteiger partial charge is 0.264 e. The Labute approximate surface area is 181 Å². The first-order valence-corrected chi connectivity index (χ1v) is 10.6. The number of hydrogen-bond acceptors (Lipinski definition) is 4. The fourth-order valence-electron chi connectivity index (χ4n) is 3.50. The van der Waals surface area contributed by atoms with E-state index in [1.807, 2.05) is 66.2 Å². The van der Waals surface area contributed by atoms with Crippen molar-refractivity contribution < 1.29 is 4.79 Å². The summed E-state index contributed by atoms with van der Waals surface area (Å²) in [6.45, 7) is 2.35. The number of halogens is 1. The van der Waals surface area contributed by atoms with Crippen LogP contribution in [0.4, 0.5) is 0 Å². The third-order valence-corrected chi connectivity index (χ3v) is 6.31. The maximum absolute atomic E-state index is 13.1. The van der Waals surface area contributed by atoms with Crippen LogP contribution in [0, 0.1) is 6.92 Å². The number of carbonyl (C=O) groups is 1. The highest BCUT2D eigenvalue weighted by Crippen LogP contribution is 2.31. The molecule has 1 amide bonds. The number of H-pyrrole nitrogens is 1. The van der Waals surface area contributed by atoms with E-state index in [4.69, 9.17) is 11.6 Å². The van der Waals surface area contributed by atoms with Crippen molar-refractivity contribution in [3.05, 3.63) is 76.0 Å². The summed E-state index contributed by atoms with van der Waals surface area (Å²) in [5.41, 5.74) is 3.61. The Morgan fingerprint density at radius 2 is 2.03 bits per heavy atom. The van der Waals surface area contributed by atoms with E-state index < -0.39 is 0 Å². The van der Waals surface area contributed by atoms with Crippen LogP contribution in [-0.2, 0) is 6.54 Å². The number of imidazole rings is 1. The SMILES string of the molecule is Cc1nn(-c2cccc(Cl)c2)c2sc(C(=O)N(C)Cc3nc4ccccc4[nH]3)cc12. The molecule has 5 aromatic rings. The van der Waals surface area contributed by atoms with Crippen LogP contribution in [0.3, 0.4) is 0 Å². The van der Waals surface area contributed by atoms with Crippen LogP contribution in [0.15, 0.2) is 54.6 Å². The van der Waals surface area contributed by atoms with Gasteiger partial charge in [-0.3, -0.25) is 4.79 Å². The molecule has 8 heteroatoms. The van der Waals surface area contributed by atoms with Crippen molar-refractivity contribution in [2.75, 3.05) is 7.05 Å². The molecule has 2 aromatic carbocycles. The maximum atomic E-state index is 13.1. The van der Waals surface area contributed by atoms with Crippen molar-refractivity contribution >= 4 is 50.1 Å². The van der Waals surface area contributed by atoms with Gasteiger partial charge >= 0.3 is 0 Å². The largest absolute Gasteiger partial charge is 0.340 e. The molecule has 3 heterocycles. The van der Waals surface area contributed by atoms with Crippen LogP contribution < -0.4 is 0 Å². The van der Waals surface area contributed by atoms with Gasteiger partial charge in [0.1, 0.15) is 10.7 Å². The van der Waals surface area contributed by atoms with Crippen LogP contribution in [0.2, 0.25) is 5.02 Å². The summed E-state index contributed by atoms with van der Waals surface area (Å²) in [6.07, 6.45) is 0. The van der Waals surface area contributed by atoms with Gasteiger partial charge in [0.05, 0.1) is 33.8 Å². The lowest BCUT2D eigenvalue weighted by atomic mass is 10.3. The first-order valence-electron chi connectivity index (χ1n) is 9.44. The molecule has 0 radical (unpaired) electrons. The number of benzene rings is 2. The van der Waals surface area contributed by atoms with Gasteiger partial charge < -0.3 is 9.88 Å². The number of nitrogens with zero attached hydrogens (tertiary/aromatic N) is 4. The van der Waals surface area contributed by atoms with E-state index in [9.17, 15) is 4.79 Å². The standard InChI is InChI=1S/C22H18ClN5OS/c1-13-16-11-19(30-22(16)28(26-13)15-7-5-6-14(23)10-15)21(29)27(2)12-20-24-17-8-3-4-9-18(17)25-20/h3-11H,12H2,1-2H3,(H,24,25). The van der Waals surface area contributed by atoms with Crippen molar-refractivity contribution in [2.45, 2.75) is 13.5 Å². The lowest BCUT2D eigenvalue weighted by Crippen LogP contribution is -2.25. The van der Waals surface area contributed by atoms with Crippen molar-refractivity contribution in [1.29, 1.82) is 0 Å². The number of carbonyl (C=O) groups excluding carboxylic acids is 1. The molecule has 0 aliphatic carbocycles. The van der Waals surface area contributed by atoms with E-state index in [1.165, 1.54) is 11.3 Å². The predicted octanol–water partition coefficient (Wildman–Crippen LogP) is 5.20. The molecule has 30 heavy (non-hydrogen) atoms. The summed E-state index contributed by atoms with van der Waals surface area (Å²) >= 11 is 7.58. The molecule has 150 valence electrons. The Bertz CT molecular complexity index is 1370. The van der Waals surface area contributed by atoms with Crippen molar-refractivity contribution in [3.8, 4) is 5.69 Å². The topological polar surface area (TPSA) is 66.8 Å². The zero-order chi connectivity index (χ0) is 20.8. The van der Waals surface area contributed by atoms with Crippen LogP contribution in [0.25, 0.3) is 26.9 Å². The molecule has 0 atom stereocenters. The molecule has 0 spiro atoms. The molecule has 0 saturated carbocycles. The number of nitrogens with one attached hydrogen (secondary N) is 1. The number of hydrogen-bond donors (Lipinski definition) is 1. The highest BCUT2D eigenvalue weighted by molar-refractivity contribution is 7.20. The Morgan fingerprint density at radius 3 is 2.83 bits per heavy atom. The Kier molecular flexibility index (Phi) is 4.56. The molecule has 3 aromatic heterocycles. The number of thiophene rings is 1. The fourth-order valence-corrected chi connectivity index (χ4v) is 4.86. The van der Waals surface area contributed by atoms with E-state index in [0.717, 1.165) is 38.5 Å². The second-order valence-corrected chi connectivity index (χ2v) is 8.64. The molecule has 5 rings (SSSR count). The van der Waals surface area contributed by atoms with E-state index in [1.54, 1.807) is 11.9 Å². The molecular formula is C22H18ClN5OS. The number of aromatic nitrogens is 4. The Morgan fingerprint density at radius 1 is 1.20 bits per heavy atom. The molecule has 0 saturated heterocycles. The Balaban J connectivity index is 1.45. The second-order valence-electron chi connectivity index (χ2n) is 7.17. The first kappa shape index (κ1) is 18.8. The summed E-state index contributed by atoms with van der Waals surface area (Å²) < 4.78 is 1.84. The average Bonchev–Trinajstić information content (AvgIpc) is 3.41. The number of para-hydroxylation sites is 2. The summed E-state index contributed by atoms with van der Waals surface area (Å²) in [5.74, 6) is 0.711. The Hall–Kier alpha value is -3.16. The van der Waals surface area contributed by atoms with Crippen LogP contribution in [0.5, 0.6) is 0 Å². The average molecular weight is 436 g/mol. The quantitative estimate of drug-likeness (QED) is 0.422. The maximum Gasteiger partial charge on any atom is 0.264 e. The third-order valence-electron chi connectivity index (χ3n) is 4.98. The van der Waals surface area contributed by atoms with E-state index >= 15 is 0 Å². The number of aromatic amines is 1. The van der Waals surface area contributed by atoms with Crippen molar-refractivity contribution in [2.24, 2.45) is 0 Å². The van der Waals surface area contributed by atoms with Crippen LogP contribution >= 0.6 is 22.9 Å². The van der Waals surface area contributed by atoms with Gasteiger partial charge in [-0.05, 0) is 43.3 Å². The van der Waals surface area contributed by atoms with Gasteiger partial charge in [0.2, 0.25) is 0 Å². The zero-order valence-electron chi connectivity index (χ0n) is 16.4. The van der Waals surface area contributed by atoms with Gasteiger partial charge in [0.15, 0.2) is 0 Å². The highest BCUT2D eigenvalue weighted by atomic mass is 35.5. The normalized spacial score (nSPS) is 11.4. The molecule has 6 nitrogen and oxygen atoms in total. The first-order chi connectivity index (χ1) is 14.5.